The molecule has 0 spiro atoms. The summed E-state index contributed by atoms with van der Waals surface area (Å²) >= 11 is 0. The van der Waals surface area contributed by atoms with Crippen LogP contribution in [0.25, 0.3) is 5.78 Å². The zero-order chi connectivity index (χ0) is 13.0. The summed E-state index contributed by atoms with van der Waals surface area (Å²) in [6.45, 7) is 4.74. The summed E-state index contributed by atoms with van der Waals surface area (Å²) in [5, 5.41) is 7.60. The quantitative estimate of drug-likeness (QED) is 0.806. The Labute approximate surface area is 107 Å². The number of nitrogens with zero attached hydrogens (tertiary/aromatic N) is 4. The molecule has 0 bridgehead atoms. The number of rotatable bonds is 6. The van der Waals surface area contributed by atoms with Gasteiger partial charge in [0.05, 0.1) is 0 Å². The predicted octanol–water partition coefficient (Wildman–Crippen LogP) is 1.36. The van der Waals surface area contributed by atoms with E-state index in [2.05, 4.69) is 27.3 Å². The molecule has 0 aliphatic carbocycles. The lowest BCUT2D eigenvalue weighted by Crippen LogP contribution is -2.29. The van der Waals surface area contributed by atoms with Gasteiger partial charge in [-0.05, 0) is 13.3 Å². The maximum absolute atomic E-state index is 5.80. The maximum Gasteiger partial charge on any atom is 0.254 e. The van der Waals surface area contributed by atoms with Crippen LogP contribution in [-0.2, 0) is 0 Å². The second-order valence-electron chi connectivity index (χ2n) is 4.47. The summed E-state index contributed by atoms with van der Waals surface area (Å²) in [6, 6.07) is 2.23. The van der Waals surface area contributed by atoms with Crippen molar-refractivity contribution in [3.8, 4) is 0 Å². The van der Waals surface area contributed by atoms with Crippen LogP contribution in [0.2, 0.25) is 0 Å². The lowest BCUT2D eigenvalue weighted by Gasteiger charge is -2.18. The van der Waals surface area contributed by atoms with E-state index in [9.17, 15) is 0 Å². The van der Waals surface area contributed by atoms with Crippen LogP contribution in [0.15, 0.2) is 12.4 Å². The molecule has 2 rings (SSSR count). The average Bonchev–Trinajstić information content (AvgIpc) is 2.82. The topological polar surface area (TPSA) is 81.1 Å². The minimum Gasteiger partial charge on any atom is -0.366 e. The first-order valence-electron chi connectivity index (χ1n) is 6.38. The molecule has 6 nitrogen and oxygen atoms in total. The summed E-state index contributed by atoms with van der Waals surface area (Å²) in [5.41, 5.74) is 6.72. The molecular weight excluding hydrogens is 228 g/mol. The van der Waals surface area contributed by atoms with Gasteiger partial charge in [0.25, 0.3) is 5.78 Å². The van der Waals surface area contributed by atoms with E-state index in [1.165, 1.54) is 19.2 Å². The van der Waals surface area contributed by atoms with Crippen LogP contribution in [0.5, 0.6) is 0 Å². The van der Waals surface area contributed by atoms with E-state index in [-0.39, 0.29) is 6.04 Å². The first kappa shape index (κ1) is 12.8. The van der Waals surface area contributed by atoms with Gasteiger partial charge in [-0.3, -0.25) is 0 Å². The minimum absolute atomic E-state index is 0.263. The standard InChI is InChI=1S/C12H20N6/c1-3-4-5-10(7-13)17-11-6-9(2)16-12-14-8-15-18(11)12/h6,8,10,17H,3-5,7,13H2,1-2H3. The van der Waals surface area contributed by atoms with Crippen LogP contribution in [0.1, 0.15) is 31.9 Å². The van der Waals surface area contributed by atoms with Gasteiger partial charge in [-0.2, -0.15) is 14.6 Å². The second-order valence-corrected chi connectivity index (χ2v) is 4.47. The number of aryl methyl sites for hydroxylation is 1. The molecule has 0 aliphatic rings. The summed E-state index contributed by atoms with van der Waals surface area (Å²) in [6.07, 6.45) is 4.91. The van der Waals surface area contributed by atoms with Crippen molar-refractivity contribution >= 4 is 11.6 Å². The zero-order valence-electron chi connectivity index (χ0n) is 10.9. The second kappa shape index (κ2) is 5.77. The van der Waals surface area contributed by atoms with Crippen LogP contribution in [0.3, 0.4) is 0 Å². The molecule has 2 aromatic heterocycles. The Hall–Kier alpha value is -1.69. The van der Waals surface area contributed by atoms with Crippen molar-refractivity contribution in [2.45, 2.75) is 39.2 Å². The van der Waals surface area contributed by atoms with Gasteiger partial charge in [0.1, 0.15) is 12.1 Å². The molecule has 2 aromatic rings. The van der Waals surface area contributed by atoms with Gasteiger partial charge in [-0.25, -0.2) is 4.98 Å². The molecule has 98 valence electrons. The number of hydrogen-bond donors (Lipinski definition) is 2. The predicted molar refractivity (Wildman–Crippen MR) is 71.5 cm³/mol. The summed E-state index contributed by atoms with van der Waals surface area (Å²) in [5.74, 6) is 1.52. The zero-order valence-corrected chi connectivity index (χ0v) is 10.9. The van der Waals surface area contributed by atoms with Crippen LogP contribution < -0.4 is 11.1 Å². The third-order valence-corrected chi connectivity index (χ3v) is 2.92. The van der Waals surface area contributed by atoms with E-state index in [1.54, 1.807) is 4.52 Å². The Morgan fingerprint density at radius 3 is 3.06 bits per heavy atom. The molecule has 0 aromatic carbocycles. The molecule has 0 aliphatic heterocycles. The van der Waals surface area contributed by atoms with E-state index < -0.39 is 0 Å². The van der Waals surface area contributed by atoms with Gasteiger partial charge in [0.15, 0.2) is 0 Å². The first-order chi connectivity index (χ1) is 8.74. The maximum atomic E-state index is 5.80. The lowest BCUT2D eigenvalue weighted by molar-refractivity contribution is 0.610. The number of unbranched alkanes of at least 4 members (excludes halogenated alkanes) is 1. The van der Waals surface area contributed by atoms with Gasteiger partial charge in [0, 0.05) is 24.3 Å². The molecule has 0 radical (unpaired) electrons. The number of hydrogen-bond acceptors (Lipinski definition) is 5. The molecule has 1 unspecified atom stereocenters. The minimum atomic E-state index is 0.263. The lowest BCUT2D eigenvalue weighted by atomic mass is 10.1. The summed E-state index contributed by atoms with van der Waals surface area (Å²) in [4.78, 5) is 8.41. The van der Waals surface area contributed by atoms with Gasteiger partial charge in [0.2, 0.25) is 0 Å². The van der Waals surface area contributed by atoms with Crippen molar-refractivity contribution in [3.63, 3.8) is 0 Å². The molecule has 0 saturated heterocycles. The molecule has 2 heterocycles. The molecule has 1 atom stereocenters. The van der Waals surface area contributed by atoms with Gasteiger partial charge < -0.3 is 11.1 Å². The fraction of sp³-hybridized carbons (Fsp3) is 0.583. The first-order valence-corrected chi connectivity index (χ1v) is 6.38. The van der Waals surface area contributed by atoms with Crippen molar-refractivity contribution < 1.29 is 0 Å². The number of aromatic nitrogens is 4. The van der Waals surface area contributed by atoms with E-state index >= 15 is 0 Å². The molecule has 3 N–H and O–H groups in total. The number of anilines is 1. The van der Waals surface area contributed by atoms with Gasteiger partial charge in [-0.15, -0.1) is 0 Å². The van der Waals surface area contributed by atoms with E-state index in [1.807, 2.05) is 13.0 Å². The Morgan fingerprint density at radius 1 is 1.50 bits per heavy atom. The van der Waals surface area contributed by atoms with Crippen LogP contribution in [0.4, 0.5) is 5.82 Å². The number of fused-ring (bicyclic) bond motifs is 1. The third-order valence-electron chi connectivity index (χ3n) is 2.92. The fourth-order valence-electron chi connectivity index (χ4n) is 1.94. The van der Waals surface area contributed by atoms with Crippen LogP contribution >= 0.6 is 0 Å². The van der Waals surface area contributed by atoms with Crippen LogP contribution in [-0.4, -0.2) is 32.2 Å². The smallest absolute Gasteiger partial charge is 0.254 e. The Bertz CT molecular complexity index is 506. The molecular formula is C12H20N6. The Balaban J connectivity index is 2.21. The van der Waals surface area contributed by atoms with E-state index in [0.29, 0.717) is 12.3 Å². The highest BCUT2D eigenvalue weighted by Crippen LogP contribution is 2.13. The van der Waals surface area contributed by atoms with Crippen molar-refractivity contribution in [2.75, 3.05) is 11.9 Å². The molecule has 0 saturated carbocycles. The van der Waals surface area contributed by atoms with Gasteiger partial charge in [-0.1, -0.05) is 19.8 Å². The highest BCUT2D eigenvalue weighted by Gasteiger charge is 2.10. The molecule has 0 amide bonds. The Kier molecular flexibility index (Phi) is 4.09. The Morgan fingerprint density at radius 2 is 2.33 bits per heavy atom. The normalized spacial score (nSPS) is 12.8. The highest BCUT2D eigenvalue weighted by molar-refractivity contribution is 5.45. The summed E-state index contributed by atoms with van der Waals surface area (Å²) < 4.78 is 1.71. The van der Waals surface area contributed by atoms with Crippen molar-refractivity contribution in [3.05, 3.63) is 18.1 Å². The third kappa shape index (κ3) is 2.76. The van der Waals surface area contributed by atoms with E-state index in [4.69, 9.17) is 5.73 Å². The van der Waals surface area contributed by atoms with Crippen molar-refractivity contribution in [1.29, 1.82) is 0 Å². The van der Waals surface area contributed by atoms with Crippen molar-refractivity contribution in [2.24, 2.45) is 5.73 Å². The number of nitrogens with two attached hydrogens (primary N) is 1. The van der Waals surface area contributed by atoms with Crippen LogP contribution in [0, 0.1) is 6.92 Å². The average molecular weight is 248 g/mol. The SMILES string of the molecule is CCCCC(CN)Nc1cc(C)nc2ncnn12. The largest absolute Gasteiger partial charge is 0.366 e. The fourth-order valence-corrected chi connectivity index (χ4v) is 1.94. The van der Waals surface area contributed by atoms with E-state index in [0.717, 1.165) is 17.9 Å². The highest BCUT2D eigenvalue weighted by atomic mass is 15.4. The van der Waals surface area contributed by atoms with Gasteiger partial charge >= 0.3 is 0 Å². The van der Waals surface area contributed by atoms with Crippen molar-refractivity contribution in [1.82, 2.24) is 19.6 Å². The molecule has 0 fully saturated rings. The molecule has 18 heavy (non-hydrogen) atoms. The number of nitrogens with one attached hydrogen (secondary N) is 1. The summed E-state index contributed by atoms with van der Waals surface area (Å²) in [7, 11) is 0. The monoisotopic (exact) mass is 248 g/mol. The molecule has 6 heteroatoms.